The number of ether oxygens (including phenoxy) is 2. The van der Waals surface area contributed by atoms with Crippen LogP contribution < -0.4 is 5.32 Å². The fourth-order valence-corrected chi connectivity index (χ4v) is 3.11. The normalized spacial score (nSPS) is 28.9. The Hall–Kier alpha value is -1.04. The van der Waals surface area contributed by atoms with Crippen molar-refractivity contribution in [3.63, 3.8) is 0 Å². The predicted octanol–water partition coefficient (Wildman–Crippen LogP) is 1.80. The summed E-state index contributed by atoms with van der Waals surface area (Å²) in [6.45, 7) is 6.42. The molecule has 1 aromatic heterocycles. The van der Waals surface area contributed by atoms with Gasteiger partial charge in [0.2, 0.25) is 0 Å². The monoisotopic (exact) mass is 277 g/mol. The minimum atomic E-state index is -0.118. The smallest absolute Gasteiger partial charge is 0.159 e. The molecular weight excluding hydrogens is 254 g/mol. The van der Waals surface area contributed by atoms with Crippen molar-refractivity contribution in [1.82, 2.24) is 15.3 Å². The molecule has 20 heavy (non-hydrogen) atoms. The first-order valence-electron chi connectivity index (χ1n) is 7.31. The van der Waals surface area contributed by atoms with Crippen molar-refractivity contribution in [2.45, 2.75) is 38.8 Å². The maximum Gasteiger partial charge on any atom is 0.159 e. The van der Waals surface area contributed by atoms with Crippen LogP contribution in [0, 0.1) is 5.41 Å². The highest BCUT2D eigenvalue weighted by Gasteiger charge is 2.33. The van der Waals surface area contributed by atoms with Gasteiger partial charge in [-0.25, -0.2) is 9.97 Å². The van der Waals surface area contributed by atoms with Crippen LogP contribution in [0.4, 0.5) is 0 Å². The number of aromatic nitrogens is 2. The van der Waals surface area contributed by atoms with E-state index < -0.39 is 0 Å². The van der Waals surface area contributed by atoms with Crippen molar-refractivity contribution in [2.24, 2.45) is 5.41 Å². The Kier molecular flexibility index (Phi) is 3.75. The number of fused-ring (bicyclic) bond motifs is 1. The molecule has 5 heteroatoms. The molecule has 0 radical (unpaired) electrons. The molecule has 2 heterocycles. The molecule has 0 bridgehead atoms. The lowest BCUT2D eigenvalue weighted by molar-refractivity contribution is -0.0936. The van der Waals surface area contributed by atoms with Gasteiger partial charge >= 0.3 is 0 Å². The van der Waals surface area contributed by atoms with Crippen LogP contribution >= 0.6 is 0 Å². The standard InChI is InChI=1S/C15H23N3O2/c1-15(2)6-11(16-3)10-8-17-14(18-12(10)7-15)13-9-19-4-5-20-13/h8,11,13,16H,4-7,9H2,1-3H3. The quantitative estimate of drug-likeness (QED) is 0.893. The topological polar surface area (TPSA) is 56.3 Å². The predicted molar refractivity (Wildman–Crippen MR) is 75.4 cm³/mol. The van der Waals surface area contributed by atoms with E-state index in [4.69, 9.17) is 14.5 Å². The Morgan fingerprint density at radius 1 is 1.35 bits per heavy atom. The van der Waals surface area contributed by atoms with E-state index in [-0.39, 0.29) is 11.5 Å². The average molecular weight is 277 g/mol. The van der Waals surface area contributed by atoms with Crippen LogP contribution in [0.2, 0.25) is 0 Å². The summed E-state index contributed by atoms with van der Waals surface area (Å²) in [5, 5.41) is 3.38. The zero-order valence-electron chi connectivity index (χ0n) is 12.5. The molecule has 2 aliphatic rings. The van der Waals surface area contributed by atoms with Crippen molar-refractivity contribution >= 4 is 0 Å². The minimum absolute atomic E-state index is 0.118. The summed E-state index contributed by atoms with van der Waals surface area (Å²) in [5.41, 5.74) is 2.64. The van der Waals surface area contributed by atoms with Gasteiger partial charge in [-0.2, -0.15) is 0 Å². The van der Waals surface area contributed by atoms with Crippen molar-refractivity contribution in [3.8, 4) is 0 Å². The molecular formula is C15H23N3O2. The average Bonchev–Trinajstić information content (AvgIpc) is 2.45. The Morgan fingerprint density at radius 2 is 2.20 bits per heavy atom. The van der Waals surface area contributed by atoms with Gasteiger partial charge in [0.15, 0.2) is 5.82 Å². The molecule has 1 aliphatic carbocycles. The fourth-order valence-electron chi connectivity index (χ4n) is 3.11. The van der Waals surface area contributed by atoms with E-state index in [0.717, 1.165) is 24.4 Å². The molecule has 0 spiro atoms. The Morgan fingerprint density at radius 3 is 2.90 bits per heavy atom. The van der Waals surface area contributed by atoms with Crippen LogP contribution in [0.3, 0.4) is 0 Å². The lowest BCUT2D eigenvalue weighted by Gasteiger charge is -2.36. The summed E-state index contributed by atoms with van der Waals surface area (Å²) < 4.78 is 11.1. The summed E-state index contributed by atoms with van der Waals surface area (Å²) in [5.74, 6) is 0.760. The molecule has 1 N–H and O–H groups in total. The van der Waals surface area contributed by atoms with Crippen LogP contribution in [0.5, 0.6) is 0 Å². The lowest BCUT2D eigenvalue weighted by atomic mass is 9.74. The van der Waals surface area contributed by atoms with E-state index in [0.29, 0.717) is 25.9 Å². The van der Waals surface area contributed by atoms with E-state index in [1.54, 1.807) is 0 Å². The van der Waals surface area contributed by atoms with Gasteiger partial charge in [-0.15, -0.1) is 0 Å². The van der Waals surface area contributed by atoms with Crippen LogP contribution in [0.25, 0.3) is 0 Å². The maximum atomic E-state index is 5.69. The summed E-state index contributed by atoms with van der Waals surface area (Å²) in [6, 6.07) is 0.339. The summed E-state index contributed by atoms with van der Waals surface area (Å²) >= 11 is 0. The first kappa shape index (κ1) is 13.9. The van der Waals surface area contributed by atoms with Crippen LogP contribution in [0.1, 0.15) is 49.5 Å². The van der Waals surface area contributed by atoms with Crippen molar-refractivity contribution in [1.29, 1.82) is 0 Å². The third-order valence-corrected chi connectivity index (χ3v) is 4.15. The maximum absolute atomic E-state index is 5.69. The zero-order valence-corrected chi connectivity index (χ0v) is 12.5. The lowest BCUT2D eigenvalue weighted by Crippen LogP contribution is -2.33. The second kappa shape index (κ2) is 5.39. The summed E-state index contributed by atoms with van der Waals surface area (Å²) in [4.78, 5) is 9.28. The SMILES string of the molecule is CNC1CC(C)(C)Cc2nc(C3COCCO3)ncc21. The Bertz CT molecular complexity index is 484. The molecule has 0 amide bonds. The molecule has 5 nitrogen and oxygen atoms in total. The van der Waals surface area contributed by atoms with E-state index >= 15 is 0 Å². The molecule has 1 aliphatic heterocycles. The van der Waals surface area contributed by atoms with Crippen molar-refractivity contribution < 1.29 is 9.47 Å². The van der Waals surface area contributed by atoms with E-state index in [1.165, 1.54) is 5.56 Å². The van der Waals surface area contributed by atoms with Crippen molar-refractivity contribution in [3.05, 3.63) is 23.3 Å². The van der Waals surface area contributed by atoms with Gasteiger partial charge in [0.25, 0.3) is 0 Å². The third-order valence-electron chi connectivity index (χ3n) is 4.15. The number of nitrogens with one attached hydrogen (secondary N) is 1. The van der Waals surface area contributed by atoms with E-state index in [1.807, 2.05) is 13.2 Å². The van der Waals surface area contributed by atoms with E-state index in [2.05, 4.69) is 24.1 Å². The van der Waals surface area contributed by atoms with Crippen LogP contribution in [0.15, 0.2) is 6.20 Å². The Balaban J connectivity index is 1.91. The summed E-state index contributed by atoms with van der Waals surface area (Å²) in [7, 11) is 2.00. The second-order valence-electron chi connectivity index (χ2n) is 6.45. The highest BCUT2D eigenvalue weighted by Crippen LogP contribution is 2.39. The van der Waals surface area contributed by atoms with Crippen LogP contribution in [-0.4, -0.2) is 36.8 Å². The molecule has 3 rings (SSSR count). The van der Waals surface area contributed by atoms with Crippen molar-refractivity contribution in [2.75, 3.05) is 26.9 Å². The fraction of sp³-hybridized carbons (Fsp3) is 0.733. The largest absolute Gasteiger partial charge is 0.376 e. The van der Waals surface area contributed by atoms with Gasteiger partial charge in [0, 0.05) is 23.5 Å². The molecule has 1 saturated heterocycles. The van der Waals surface area contributed by atoms with Gasteiger partial charge in [0.05, 0.1) is 19.8 Å². The number of hydrogen-bond donors (Lipinski definition) is 1. The second-order valence-corrected chi connectivity index (χ2v) is 6.45. The number of nitrogens with zero attached hydrogens (tertiary/aromatic N) is 2. The highest BCUT2D eigenvalue weighted by molar-refractivity contribution is 5.27. The minimum Gasteiger partial charge on any atom is -0.376 e. The molecule has 0 saturated carbocycles. The first-order chi connectivity index (χ1) is 9.59. The number of rotatable bonds is 2. The molecule has 2 unspecified atom stereocenters. The Labute approximate surface area is 120 Å². The first-order valence-corrected chi connectivity index (χ1v) is 7.31. The molecule has 1 fully saturated rings. The molecule has 2 atom stereocenters. The summed E-state index contributed by atoms with van der Waals surface area (Å²) in [6.07, 6.45) is 3.95. The highest BCUT2D eigenvalue weighted by atomic mass is 16.6. The third kappa shape index (κ3) is 2.71. The van der Waals surface area contributed by atoms with Gasteiger partial charge in [-0.1, -0.05) is 13.8 Å². The molecule has 1 aromatic rings. The van der Waals surface area contributed by atoms with Gasteiger partial charge < -0.3 is 14.8 Å². The molecule has 0 aromatic carbocycles. The molecule has 110 valence electrons. The van der Waals surface area contributed by atoms with E-state index in [9.17, 15) is 0 Å². The number of hydrogen-bond acceptors (Lipinski definition) is 5. The van der Waals surface area contributed by atoms with Crippen LogP contribution in [-0.2, 0) is 15.9 Å². The van der Waals surface area contributed by atoms with Gasteiger partial charge in [0.1, 0.15) is 6.10 Å². The van der Waals surface area contributed by atoms with Gasteiger partial charge in [-0.05, 0) is 25.3 Å². The van der Waals surface area contributed by atoms with Gasteiger partial charge in [-0.3, -0.25) is 0 Å². The zero-order chi connectivity index (χ0) is 14.2.